The van der Waals surface area contributed by atoms with Crippen LogP contribution in [-0.2, 0) is 16.0 Å². The lowest BCUT2D eigenvalue weighted by molar-refractivity contribution is -0.159. The normalized spacial score (nSPS) is 19.8. The Morgan fingerprint density at radius 3 is 2.46 bits per heavy atom. The Morgan fingerprint density at radius 2 is 1.76 bits per heavy atom. The molecule has 12 nitrogen and oxygen atoms in total. The van der Waals surface area contributed by atoms with Gasteiger partial charge in [0.25, 0.3) is 5.56 Å². The first-order valence-corrected chi connectivity index (χ1v) is 13.2. The number of benzene rings is 2. The third kappa shape index (κ3) is 3.81. The first-order chi connectivity index (χ1) is 19.5. The number of aromatic nitrogens is 2. The molecule has 1 atom stereocenters. The molecule has 3 aromatic rings. The summed E-state index contributed by atoms with van der Waals surface area (Å²) in [6.07, 6.45) is 2.71. The Balaban J connectivity index is 1.41. The van der Waals surface area contributed by atoms with Crippen molar-refractivity contribution in [2.24, 2.45) is 10.4 Å². The molecule has 41 heavy (non-hydrogen) atoms. The number of amides is 4. The average Bonchev–Trinajstić information content (AvgIpc) is 3.44. The lowest BCUT2D eigenvalue weighted by Gasteiger charge is -2.50. The van der Waals surface area contributed by atoms with Crippen molar-refractivity contribution in [2.45, 2.75) is 32.2 Å². The van der Waals surface area contributed by atoms with Crippen molar-refractivity contribution in [2.75, 3.05) is 25.5 Å². The van der Waals surface area contributed by atoms with Gasteiger partial charge in [-0.25, -0.2) is 14.2 Å². The summed E-state index contributed by atoms with van der Waals surface area (Å²) in [6.45, 7) is 2.50. The van der Waals surface area contributed by atoms with E-state index in [0.29, 0.717) is 29.9 Å². The number of carbonyl (C=O) groups excluding carboxylic acids is 3. The van der Waals surface area contributed by atoms with Gasteiger partial charge in [0.1, 0.15) is 5.56 Å². The van der Waals surface area contributed by atoms with Gasteiger partial charge in [-0.1, -0.05) is 12.1 Å². The predicted molar refractivity (Wildman–Crippen MR) is 150 cm³/mol. The molecule has 2 fully saturated rings. The molecule has 0 saturated carbocycles. The molecule has 210 valence electrons. The minimum atomic E-state index is -1.44. The molecule has 3 aliphatic heterocycles. The van der Waals surface area contributed by atoms with Crippen molar-refractivity contribution in [3.05, 3.63) is 80.0 Å². The minimum Gasteiger partial charge on any atom is -0.493 e. The highest BCUT2D eigenvalue weighted by atomic mass is 16.3. The second-order valence-corrected chi connectivity index (χ2v) is 10.8. The number of fused-ring (bicyclic) bond motifs is 4. The highest BCUT2D eigenvalue weighted by Crippen LogP contribution is 2.49. The second-order valence-electron chi connectivity index (χ2n) is 10.8. The van der Waals surface area contributed by atoms with Gasteiger partial charge in [0.05, 0.1) is 17.4 Å². The van der Waals surface area contributed by atoms with Crippen molar-refractivity contribution in [1.82, 2.24) is 19.4 Å². The molecule has 3 aliphatic rings. The molecule has 2 aromatic carbocycles. The molecule has 1 aromatic heterocycles. The highest BCUT2D eigenvalue weighted by molar-refractivity contribution is 6.20. The van der Waals surface area contributed by atoms with Gasteiger partial charge in [0.2, 0.25) is 17.7 Å². The van der Waals surface area contributed by atoms with Crippen molar-refractivity contribution in [3.8, 4) is 11.6 Å². The van der Waals surface area contributed by atoms with E-state index in [9.17, 15) is 29.1 Å². The van der Waals surface area contributed by atoms with E-state index in [1.807, 2.05) is 19.1 Å². The van der Waals surface area contributed by atoms with E-state index in [-0.39, 0.29) is 18.0 Å². The molecule has 0 radical (unpaired) electrons. The van der Waals surface area contributed by atoms with Gasteiger partial charge in [0, 0.05) is 32.5 Å². The largest absolute Gasteiger partial charge is 0.493 e. The summed E-state index contributed by atoms with van der Waals surface area (Å²) in [7, 11) is 2.79. The van der Waals surface area contributed by atoms with Crippen LogP contribution in [0.5, 0.6) is 5.88 Å². The second kappa shape index (κ2) is 9.29. The molecule has 1 spiro atoms. The summed E-state index contributed by atoms with van der Waals surface area (Å²) in [5.74, 6) is -1.59. The zero-order valence-corrected chi connectivity index (χ0v) is 22.7. The van der Waals surface area contributed by atoms with Crippen LogP contribution in [-0.4, -0.2) is 75.2 Å². The molecule has 12 heteroatoms. The maximum absolute atomic E-state index is 13.6. The fourth-order valence-corrected chi connectivity index (χ4v) is 6.39. The number of aromatic hydroxyl groups is 1. The molecule has 2 saturated heterocycles. The molecule has 4 heterocycles. The number of nitrogens with zero attached hydrogens (tertiary/aromatic N) is 5. The summed E-state index contributed by atoms with van der Waals surface area (Å²) in [6, 6.07) is 11.2. The van der Waals surface area contributed by atoms with Crippen LogP contribution in [0.2, 0.25) is 0 Å². The molecule has 6 rings (SSSR count). The van der Waals surface area contributed by atoms with Gasteiger partial charge in [-0.2, -0.15) is 0 Å². The number of carbonyl (C=O) groups is 3. The van der Waals surface area contributed by atoms with Crippen LogP contribution in [0.3, 0.4) is 0 Å². The Kier molecular flexibility index (Phi) is 5.94. The lowest BCUT2D eigenvalue weighted by atomic mass is 9.68. The van der Waals surface area contributed by atoms with Gasteiger partial charge in [-0.05, 0) is 67.6 Å². The number of hydrogen-bond acceptors (Lipinski definition) is 8. The number of rotatable bonds is 3. The van der Waals surface area contributed by atoms with Gasteiger partial charge < -0.3 is 10.0 Å². The molecule has 0 aliphatic carbocycles. The number of anilines is 1. The fraction of sp³-hybridized carbons (Fsp3) is 0.310. The first-order valence-electron chi connectivity index (χ1n) is 13.2. The predicted octanol–water partition coefficient (Wildman–Crippen LogP) is 1.85. The molecule has 0 bridgehead atoms. The van der Waals surface area contributed by atoms with E-state index in [1.165, 1.54) is 20.3 Å². The zero-order valence-electron chi connectivity index (χ0n) is 22.7. The van der Waals surface area contributed by atoms with Crippen LogP contribution in [0.1, 0.15) is 29.5 Å². The highest BCUT2D eigenvalue weighted by Gasteiger charge is 2.63. The summed E-state index contributed by atoms with van der Waals surface area (Å²) < 4.78 is 0.995. The van der Waals surface area contributed by atoms with E-state index >= 15 is 0 Å². The summed E-state index contributed by atoms with van der Waals surface area (Å²) in [5.41, 5.74) is 0.00773. The van der Waals surface area contributed by atoms with Crippen molar-refractivity contribution in [3.63, 3.8) is 0 Å². The average molecular weight is 557 g/mol. The fourth-order valence-electron chi connectivity index (χ4n) is 6.39. The number of nitrogens with one attached hydrogen (secondary N) is 1. The number of urea groups is 1. The third-order valence-electron chi connectivity index (χ3n) is 8.33. The molecule has 2 N–H and O–H groups in total. The molecule has 0 unspecified atom stereocenters. The quantitative estimate of drug-likeness (QED) is 0.370. The Labute approximate surface area is 234 Å². The topological polar surface area (TPSA) is 148 Å². The molecular weight excluding hydrogens is 528 g/mol. The van der Waals surface area contributed by atoms with Crippen LogP contribution in [0.4, 0.5) is 16.2 Å². The Bertz CT molecular complexity index is 1760. The summed E-state index contributed by atoms with van der Waals surface area (Å²) in [4.78, 5) is 75.6. The molecule has 4 amide bonds. The van der Waals surface area contributed by atoms with Gasteiger partial charge in [0.15, 0.2) is 5.41 Å². The number of hydrogen-bond donors (Lipinski definition) is 2. The SMILES string of the molecule is Cc1cccc(-n2c(O)c(C=Nc3ccc4c(c3)CC3(C(=O)N(C)C(=O)N(C)C3=O)[C@@H]3CCCN43)c(=O)[nH]c2=O)c1. The maximum Gasteiger partial charge on any atom is 0.335 e. The zero-order chi connectivity index (χ0) is 29.2. The Morgan fingerprint density at radius 1 is 1.02 bits per heavy atom. The number of barbiturate groups is 1. The van der Waals surface area contributed by atoms with E-state index < -0.39 is 40.4 Å². The lowest BCUT2D eigenvalue weighted by Crippen LogP contribution is -2.70. The number of aryl methyl sites for hydroxylation is 1. The maximum atomic E-state index is 13.6. The standard InChI is InChI=1S/C29H28N6O6/c1-16-6-4-7-19(12-16)35-24(37)20(23(36)31-27(35)40)15-30-18-9-10-21-17(13-18)14-29(22-8-5-11-34(21)22)25(38)32(2)28(41)33(3)26(29)39/h4,6-7,9-10,12-13,15,22,37H,5,8,11,14H2,1-3H3,(H,31,36,40)/t22-/m0/s1. The van der Waals surface area contributed by atoms with E-state index in [0.717, 1.165) is 32.0 Å². The van der Waals surface area contributed by atoms with Crippen LogP contribution in [0, 0.1) is 12.3 Å². The summed E-state index contributed by atoms with van der Waals surface area (Å²) in [5, 5.41) is 10.9. The van der Waals surface area contributed by atoms with Crippen molar-refractivity contribution >= 4 is 35.4 Å². The van der Waals surface area contributed by atoms with Crippen LogP contribution < -0.4 is 16.1 Å². The van der Waals surface area contributed by atoms with Crippen LogP contribution in [0.15, 0.2) is 57.0 Å². The Hall–Kier alpha value is -5.00. The first kappa shape index (κ1) is 26.2. The van der Waals surface area contributed by atoms with E-state index in [1.54, 1.807) is 30.3 Å². The molecular formula is C29H28N6O6. The van der Waals surface area contributed by atoms with Crippen molar-refractivity contribution < 1.29 is 19.5 Å². The minimum absolute atomic E-state index is 0.0938. The third-order valence-corrected chi connectivity index (χ3v) is 8.33. The van der Waals surface area contributed by atoms with Crippen LogP contribution in [0.25, 0.3) is 5.69 Å². The smallest absolute Gasteiger partial charge is 0.335 e. The summed E-state index contributed by atoms with van der Waals surface area (Å²) >= 11 is 0. The monoisotopic (exact) mass is 556 g/mol. The van der Waals surface area contributed by atoms with Crippen molar-refractivity contribution in [1.29, 1.82) is 0 Å². The van der Waals surface area contributed by atoms with Gasteiger partial charge in [-0.15, -0.1) is 0 Å². The van der Waals surface area contributed by atoms with Gasteiger partial charge in [-0.3, -0.25) is 34.2 Å². The number of aromatic amines is 1. The van der Waals surface area contributed by atoms with E-state index in [4.69, 9.17) is 0 Å². The van der Waals surface area contributed by atoms with Crippen LogP contribution >= 0.6 is 0 Å². The van der Waals surface area contributed by atoms with Gasteiger partial charge >= 0.3 is 11.7 Å². The number of imide groups is 2. The number of H-pyrrole nitrogens is 1. The number of aliphatic imine (C=N–C) groups is 1. The van der Waals surface area contributed by atoms with E-state index in [2.05, 4.69) is 14.9 Å².